The van der Waals surface area contributed by atoms with Crippen molar-refractivity contribution >= 4 is 23.7 Å². The number of nitrogens with one attached hydrogen (secondary N) is 3. The van der Waals surface area contributed by atoms with E-state index in [1.165, 1.54) is 6.92 Å². The number of carbonyl (C=O) groups is 4. The van der Waals surface area contributed by atoms with Crippen LogP contribution < -0.4 is 16.0 Å². The summed E-state index contributed by atoms with van der Waals surface area (Å²) in [6.45, 7) is 3.43. The molecule has 0 saturated carbocycles. The zero-order chi connectivity index (χ0) is 29.6. The predicted octanol–water partition coefficient (Wildman–Crippen LogP) is -5.11. The molecule has 0 aromatic heterocycles. The maximum absolute atomic E-state index is 11.7. The van der Waals surface area contributed by atoms with Crippen LogP contribution in [-0.2, 0) is 38.1 Å². The van der Waals surface area contributed by atoms with E-state index in [9.17, 15) is 49.8 Å². The van der Waals surface area contributed by atoms with Gasteiger partial charge in [-0.1, -0.05) is 0 Å². The van der Waals surface area contributed by atoms with E-state index in [4.69, 9.17) is 18.9 Å². The summed E-state index contributed by atoms with van der Waals surface area (Å²) in [5.74, 6) is -3.30. The van der Waals surface area contributed by atoms with Crippen LogP contribution in [0.2, 0.25) is 0 Å². The third kappa shape index (κ3) is 8.50. The van der Waals surface area contributed by atoms with Gasteiger partial charge in [-0.25, -0.2) is 4.79 Å². The van der Waals surface area contributed by atoms with Crippen LogP contribution in [-0.4, -0.2) is 141 Å². The van der Waals surface area contributed by atoms with Crippen molar-refractivity contribution in [3.63, 3.8) is 0 Å². The smallest absolute Gasteiger partial charge is 0.328 e. The molecule has 224 valence electrons. The summed E-state index contributed by atoms with van der Waals surface area (Å²) in [6, 6.07) is -4.18. The van der Waals surface area contributed by atoms with Crippen molar-refractivity contribution in [2.75, 3.05) is 13.2 Å². The summed E-state index contributed by atoms with van der Waals surface area (Å²) in [7, 11) is 0. The second kappa shape index (κ2) is 14.2. The lowest BCUT2D eigenvalue weighted by molar-refractivity contribution is -0.308. The Morgan fingerprint density at radius 2 is 1.28 bits per heavy atom. The Labute approximate surface area is 223 Å². The molecule has 0 aliphatic carbocycles. The maximum Gasteiger partial charge on any atom is 0.328 e. The lowest BCUT2D eigenvalue weighted by Gasteiger charge is -2.45. The van der Waals surface area contributed by atoms with Crippen molar-refractivity contribution in [1.29, 1.82) is 0 Å². The lowest BCUT2D eigenvalue weighted by atomic mass is 9.96. The Morgan fingerprint density at radius 3 is 1.74 bits per heavy atom. The average molecular weight is 568 g/mol. The van der Waals surface area contributed by atoms with Crippen LogP contribution in [0.3, 0.4) is 0 Å². The van der Waals surface area contributed by atoms with Crippen LogP contribution in [0, 0.1) is 0 Å². The number of rotatable bonds is 11. The van der Waals surface area contributed by atoms with E-state index in [-0.39, 0.29) is 0 Å². The number of carbonyl (C=O) groups excluding carboxylic acids is 3. The minimum atomic E-state index is -1.70. The maximum atomic E-state index is 11.7. The van der Waals surface area contributed by atoms with Gasteiger partial charge in [-0.15, -0.1) is 0 Å². The number of carboxylic acids is 1. The van der Waals surface area contributed by atoms with Gasteiger partial charge in [-0.3, -0.25) is 14.4 Å². The summed E-state index contributed by atoms with van der Waals surface area (Å²) in [5.41, 5.74) is 0. The van der Waals surface area contributed by atoms with Crippen LogP contribution in [0.25, 0.3) is 0 Å². The first-order chi connectivity index (χ1) is 18.2. The molecule has 0 spiro atoms. The lowest BCUT2D eigenvalue weighted by Crippen LogP contribution is -2.67. The topological polar surface area (TPSA) is 263 Å². The number of hydrogen-bond acceptors (Lipinski definition) is 13. The van der Waals surface area contributed by atoms with E-state index in [2.05, 4.69) is 16.0 Å². The molecular formula is C22H37N3O14. The predicted molar refractivity (Wildman–Crippen MR) is 125 cm³/mol. The number of aliphatic hydroxyl groups excluding tert-OH is 5. The van der Waals surface area contributed by atoms with Crippen LogP contribution in [0.4, 0.5) is 0 Å². The van der Waals surface area contributed by atoms with Gasteiger partial charge in [0.25, 0.3) is 0 Å². The van der Waals surface area contributed by atoms with Crippen molar-refractivity contribution in [3.05, 3.63) is 0 Å². The van der Waals surface area contributed by atoms with E-state index < -0.39 is 110 Å². The van der Waals surface area contributed by atoms with E-state index in [1.54, 1.807) is 0 Å². The summed E-state index contributed by atoms with van der Waals surface area (Å²) >= 11 is 0. The van der Waals surface area contributed by atoms with Crippen LogP contribution in [0.1, 0.15) is 27.7 Å². The Kier molecular flexibility index (Phi) is 12.0. The Hall–Kier alpha value is -2.48. The molecule has 2 heterocycles. The molecule has 17 heteroatoms. The van der Waals surface area contributed by atoms with Crippen LogP contribution in [0.15, 0.2) is 0 Å². The molecule has 39 heavy (non-hydrogen) atoms. The molecule has 3 amide bonds. The van der Waals surface area contributed by atoms with Crippen molar-refractivity contribution in [1.82, 2.24) is 16.0 Å². The highest BCUT2D eigenvalue weighted by atomic mass is 16.7. The largest absolute Gasteiger partial charge is 0.480 e. The van der Waals surface area contributed by atoms with Crippen molar-refractivity contribution in [2.24, 2.45) is 0 Å². The fourth-order valence-electron chi connectivity index (χ4n) is 4.27. The number of aliphatic hydroxyl groups is 5. The fraction of sp³-hybridized carbons (Fsp3) is 0.818. The zero-order valence-corrected chi connectivity index (χ0v) is 21.8. The molecule has 0 unspecified atom stereocenters. The Morgan fingerprint density at radius 1 is 0.795 bits per heavy atom. The monoisotopic (exact) mass is 567 g/mol. The normalized spacial score (nSPS) is 36.3. The highest BCUT2D eigenvalue weighted by molar-refractivity contribution is 5.82. The molecule has 0 radical (unpaired) electrons. The number of ether oxygens (including phenoxy) is 4. The van der Waals surface area contributed by atoms with Crippen LogP contribution in [0.5, 0.6) is 0 Å². The molecule has 2 aliphatic rings. The standard InChI is InChI=1S/C22H37N3O14/c1-7(13(20(34)35)23-8(2)27)37-22-15(25-10(4)29)19(33)17(31)12(39-22)6-36-21-14(24-9(3)28)18(32)16(30)11(5-26)38-21/h7,11-19,21-22,26,30-33H,5-6H2,1-4H3,(H,23,27)(H,24,28)(H,25,29)(H,34,35)/t7-,11-,12-,13+,14-,15-,16-,17+,18-,19-,21-,22+/m1/s1. The molecule has 0 bridgehead atoms. The molecule has 2 rings (SSSR count). The third-order valence-corrected chi connectivity index (χ3v) is 6.19. The molecule has 0 aromatic carbocycles. The van der Waals surface area contributed by atoms with Gasteiger partial charge < -0.3 is 65.5 Å². The SMILES string of the molecule is CC(=O)N[C@H]1[C@@H](O[C@H](C)[C@H](NC(C)=O)C(=O)O)O[C@H](CO[C@@H]2O[C@H](CO)[C@@H](O)[C@H](O)[C@H]2NC(C)=O)[C@H](O)[C@@H]1O. The molecule has 2 saturated heterocycles. The molecule has 9 N–H and O–H groups in total. The molecule has 2 fully saturated rings. The van der Waals surface area contributed by atoms with Gasteiger partial charge in [-0.05, 0) is 6.92 Å². The Balaban J connectivity index is 2.23. The number of amides is 3. The van der Waals surface area contributed by atoms with Gasteiger partial charge in [0, 0.05) is 20.8 Å². The average Bonchev–Trinajstić information content (AvgIpc) is 2.84. The highest BCUT2D eigenvalue weighted by Crippen LogP contribution is 2.27. The van der Waals surface area contributed by atoms with E-state index in [1.807, 2.05) is 0 Å². The van der Waals surface area contributed by atoms with E-state index in [0.29, 0.717) is 0 Å². The molecule has 2 aliphatic heterocycles. The van der Waals surface area contributed by atoms with Crippen LogP contribution >= 0.6 is 0 Å². The van der Waals surface area contributed by atoms with Crippen molar-refractivity contribution < 1.29 is 68.8 Å². The summed E-state index contributed by atoms with van der Waals surface area (Å²) in [5, 5.41) is 67.8. The second-order valence-corrected chi connectivity index (χ2v) is 9.37. The zero-order valence-electron chi connectivity index (χ0n) is 21.8. The first kappa shape index (κ1) is 32.7. The van der Waals surface area contributed by atoms with Gasteiger partial charge in [0.1, 0.15) is 48.7 Å². The first-order valence-corrected chi connectivity index (χ1v) is 12.1. The number of carboxylic acid groups (broad SMARTS) is 1. The van der Waals surface area contributed by atoms with E-state index >= 15 is 0 Å². The highest BCUT2D eigenvalue weighted by Gasteiger charge is 2.49. The summed E-state index contributed by atoms with van der Waals surface area (Å²) in [6.07, 6.45) is -13.4. The van der Waals surface area contributed by atoms with Gasteiger partial charge in [-0.2, -0.15) is 0 Å². The van der Waals surface area contributed by atoms with E-state index in [0.717, 1.165) is 20.8 Å². The van der Waals surface area contributed by atoms with Gasteiger partial charge in [0.2, 0.25) is 17.7 Å². The van der Waals surface area contributed by atoms with Gasteiger partial charge in [0.05, 0.1) is 19.3 Å². The van der Waals surface area contributed by atoms with Crippen molar-refractivity contribution in [3.8, 4) is 0 Å². The molecular weight excluding hydrogens is 530 g/mol. The third-order valence-electron chi connectivity index (χ3n) is 6.19. The fourth-order valence-corrected chi connectivity index (χ4v) is 4.27. The van der Waals surface area contributed by atoms with Gasteiger partial charge in [0.15, 0.2) is 18.6 Å². The Bertz CT molecular complexity index is 877. The second-order valence-electron chi connectivity index (χ2n) is 9.37. The molecule has 0 aromatic rings. The number of aliphatic carboxylic acids is 1. The van der Waals surface area contributed by atoms with Crippen molar-refractivity contribution in [2.45, 2.75) is 101 Å². The minimum Gasteiger partial charge on any atom is -0.480 e. The first-order valence-electron chi connectivity index (χ1n) is 12.1. The molecule has 17 nitrogen and oxygen atoms in total. The number of hydrogen-bond donors (Lipinski definition) is 9. The van der Waals surface area contributed by atoms with Gasteiger partial charge >= 0.3 is 5.97 Å². The summed E-state index contributed by atoms with van der Waals surface area (Å²) < 4.78 is 22.4. The summed E-state index contributed by atoms with van der Waals surface area (Å²) in [4.78, 5) is 46.4. The quantitative estimate of drug-likeness (QED) is 0.113. The molecule has 12 atom stereocenters. The minimum absolute atomic E-state index is 0.560.